The Balaban J connectivity index is 2.02. The predicted octanol–water partition coefficient (Wildman–Crippen LogP) is 1.94. The van der Waals surface area contributed by atoms with Crippen molar-refractivity contribution in [1.82, 2.24) is 9.71 Å². The molecule has 2 rings (SSSR count). The molecule has 0 aliphatic rings. The Morgan fingerprint density at radius 3 is 2.67 bits per heavy atom. The average molecular weight is 264 g/mol. The van der Waals surface area contributed by atoms with E-state index in [1.54, 1.807) is 12.4 Å². The standard InChI is InChI=1S/C13H16N2O2S/c1-11-4-2-3-5-13(11)10-18(16,17)15-9-12-6-7-14-8-12/h2-8,14-15H,9-10H2,1H3. The molecule has 0 bridgehead atoms. The van der Waals surface area contributed by atoms with Crippen LogP contribution < -0.4 is 4.72 Å². The van der Waals surface area contributed by atoms with Gasteiger partial charge in [-0.3, -0.25) is 0 Å². The fourth-order valence-corrected chi connectivity index (χ4v) is 2.91. The van der Waals surface area contributed by atoms with Crippen molar-refractivity contribution in [1.29, 1.82) is 0 Å². The van der Waals surface area contributed by atoms with Crippen LogP contribution in [0.4, 0.5) is 0 Å². The van der Waals surface area contributed by atoms with Gasteiger partial charge in [-0.25, -0.2) is 13.1 Å². The smallest absolute Gasteiger partial charge is 0.216 e. The van der Waals surface area contributed by atoms with Gasteiger partial charge in [0.1, 0.15) is 0 Å². The molecule has 0 radical (unpaired) electrons. The summed E-state index contributed by atoms with van der Waals surface area (Å²) >= 11 is 0. The minimum absolute atomic E-state index is 0.0180. The number of aryl methyl sites for hydroxylation is 1. The van der Waals surface area contributed by atoms with Crippen molar-refractivity contribution < 1.29 is 8.42 Å². The van der Waals surface area contributed by atoms with Crippen LogP contribution >= 0.6 is 0 Å². The van der Waals surface area contributed by atoms with E-state index in [4.69, 9.17) is 0 Å². The fourth-order valence-electron chi connectivity index (χ4n) is 1.69. The van der Waals surface area contributed by atoms with E-state index in [0.717, 1.165) is 16.7 Å². The summed E-state index contributed by atoms with van der Waals surface area (Å²) in [5.41, 5.74) is 2.74. The van der Waals surface area contributed by atoms with Crippen LogP contribution in [0.1, 0.15) is 16.7 Å². The molecule has 0 saturated heterocycles. The molecule has 0 unspecified atom stereocenters. The van der Waals surface area contributed by atoms with Gasteiger partial charge in [0.2, 0.25) is 10.0 Å². The van der Waals surface area contributed by atoms with Gasteiger partial charge in [0, 0.05) is 18.9 Å². The highest BCUT2D eigenvalue weighted by Gasteiger charge is 2.12. The number of aromatic amines is 1. The third kappa shape index (κ3) is 3.45. The predicted molar refractivity (Wildman–Crippen MR) is 71.4 cm³/mol. The first kappa shape index (κ1) is 12.9. The van der Waals surface area contributed by atoms with Crippen molar-refractivity contribution in [2.24, 2.45) is 0 Å². The Morgan fingerprint density at radius 1 is 1.22 bits per heavy atom. The number of hydrogen-bond donors (Lipinski definition) is 2. The maximum Gasteiger partial charge on any atom is 0.216 e. The van der Waals surface area contributed by atoms with Crippen LogP contribution in [0.15, 0.2) is 42.7 Å². The van der Waals surface area contributed by atoms with Gasteiger partial charge in [0.05, 0.1) is 5.75 Å². The van der Waals surface area contributed by atoms with Crippen molar-refractivity contribution in [2.75, 3.05) is 0 Å². The summed E-state index contributed by atoms with van der Waals surface area (Å²) in [4.78, 5) is 2.89. The fraction of sp³-hybridized carbons (Fsp3) is 0.231. The normalized spacial score (nSPS) is 11.6. The number of H-pyrrole nitrogens is 1. The highest BCUT2D eigenvalue weighted by Crippen LogP contribution is 2.10. The van der Waals surface area contributed by atoms with E-state index in [0.29, 0.717) is 6.54 Å². The molecule has 96 valence electrons. The van der Waals surface area contributed by atoms with Gasteiger partial charge < -0.3 is 4.98 Å². The second kappa shape index (κ2) is 5.37. The Morgan fingerprint density at radius 2 is 2.00 bits per heavy atom. The van der Waals surface area contributed by atoms with Gasteiger partial charge in [-0.15, -0.1) is 0 Å². The van der Waals surface area contributed by atoms with E-state index in [1.165, 1.54) is 0 Å². The van der Waals surface area contributed by atoms with Crippen LogP contribution in [-0.2, 0) is 22.3 Å². The van der Waals surface area contributed by atoms with Crippen LogP contribution in [0.2, 0.25) is 0 Å². The summed E-state index contributed by atoms with van der Waals surface area (Å²) in [5.74, 6) is 0.0180. The van der Waals surface area contributed by atoms with Crippen LogP contribution in [0.25, 0.3) is 0 Å². The van der Waals surface area contributed by atoms with Gasteiger partial charge in [-0.2, -0.15) is 0 Å². The highest BCUT2D eigenvalue weighted by molar-refractivity contribution is 7.88. The lowest BCUT2D eigenvalue weighted by molar-refractivity contribution is 0.580. The molecule has 1 aromatic carbocycles. The topological polar surface area (TPSA) is 62.0 Å². The van der Waals surface area contributed by atoms with Crippen molar-refractivity contribution in [3.05, 3.63) is 59.4 Å². The Labute approximate surface area is 107 Å². The molecule has 0 aliphatic heterocycles. The summed E-state index contributed by atoms with van der Waals surface area (Å²) in [7, 11) is -3.30. The van der Waals surface area contributed by atoms with Crippen LogP contribution in [0, 0.1) is 6.92 Å². The van der Waals surface area contributed by atoms with Crippen LogP contribution in [0.5, 0.6) is 0 Å². The Kier molecular flexibility index (Phi) is 3.84. The number of nitrogens with one attached hydrogen (secondary N) is 2. The molecule has 0 amide bonds. The van der Waals surface area contributed by atoms with Crippen molar-refractivity contribution in [2.45, 2.75) is 19.2 Å². The van der Waals surface area contributed by atoms with Crippen molar-refractivity contribution in [3.8, 4) is 0 Å². The third-order valence-electron chi connectivity index (χ3n) is 2.77. The first-order valence-corrected chi connectivity index (χ1v) is 7.35. The molecular weight excluding hydrogens is 248 g/mol. The monoisotopic (exact) mass is 264 g/mol. The largest absolute Gasteiger partial charge is 0.367 e. The van der Waals surface area contributed by atoms with Gasteiger partial charge >= 0.3 is 0 Å². The Hall–Kier alpha value is -1.59. The maximum atomic E-state index is 11.9. The van der Waals surface area contributed by atoms with E-state index in [1.807, 2.05) is 37.3 Å². The van der Waals surface area contributed by atoms with Gasteiger partial charge in [-0.1, -0.05) is 24.3 Å². The lowest BCUT2D eigenvalue weighted by Crippen LogP contribution is -2.24. The maximum absolute atomic E-state index is 11.9. The molecule has 1 heterocycles. The number of aromatic nitrogens is 1. The molecular formula is C13H16N2O2S. The summed E-state index contributed by atoms with van der Waals surface area (Å²) in [6.45, 7) is 2.23. The zero-order chi connectivity index (χ0) is 13.0. The van der Waals surface area contributed by atoms with E-state index in [9.17, 15) is 8.42 Å². The van der Waals surface area contributed by atoms with E-state index >= 15 is 0 Å². The van der Waals surface area contributed by atoms with Crippen LogP contribution in [-0.4, -0.2) is 13.4 Å². The SMILES string of the molecule is Cc1ccccc1CS(=O)(=O)NCc1cc[nH]c1. The minimum Gasteiger partial charge on any atom is -0.367 e. The molecule has 4 nitrogen and oxygen atoms in total. The zero-order valence-corrected chi connectivity index (χ0v) is 11.0. The molecule has 0 atom stereocenters. The first-order valence-electron chi connectivity index (χ1n) is 5.70. The van der Waals surface area contributed by atoms with Gasteiger partial charge in [0.15, 0.2) is 0 Å². The van der Waals surface area contributed by atoms with Crippen LogP contribution in [0.3, 0.4) is 0 Å². The molecule has 2 aromatic rings. The molecule has 18 heavy (non-hydrogen) atoms. The lowest BCUT2D eigenvalue weighted by atomic mass is 10.1. The summed E-state index contributed by atoms with van der Waals surface area (Å²) in [6, 6.07) is 9.35. The number of benzene rings is 1. The summed E-state index contributed by atoms with van der Waals surface area (Å²) in [6.07, 6.45) is 3.54. The summed E-state index contributed by atoms with van der Waals surface area (Å²) < 4.78 is 26.4. The molecule has 2 N–H and O–H groups in total. The van der Waals surface area contributed by atoms with E-state index in [-0.39, 0.29) is 5.75 Å². The Bertz CT molecular complexity index is 604. The quantitative estimate of drug-likeness (QED) is 0.867. The average Bonchev–Trinajstić information content (AvgIpc) is 2.83. The van der Waals surface area contributed by atoms with E-state index in [2.05, 4.69) is 9.71 Å². The highest BCUT2D eigenvalue weighted by atomic mass is 32.2. The minimum atomic E-state index is -3.30. The number of rotatable bonds is 5. The first-order chi connectivity index (χ1) is 8.57. The second-order valence-corrected chi connectivity index (χ2v) is 6.03. The molecule has 5 heteroatoms. The number of sulfonamides is 1. The number of hydrogen-bond acceptors (Lipinski definition) is 2. The molecule has 1 aromatic heterocycles. The molecule has 0 aliphatic carbocycles. The van der Waals surface area contributed by atoms with Gasteiger partial charge in [0.25, 0.3) is 0 Å². The van der Waals surface area contributed by atoms with Crippen molar-refractivity contribution >= 4 is 10.0 Å². The van der Waals surface area contributed by atoms with Crippen molar-refractivity contribution in [3.63, 3.8) is 0 Å². The molecule has 0 spiro atoms. The van der Waals surface area contributed by atoms with E-state index < -0.39 is 10.0 Å². The molecule has 0 saturated carbocycles. The zero-order valence-electron chi connectivity index (χ0n) is 10.2. The second-order valence-electron chi connectivity index (χ2n) is 4.23. The third-order valence-corrected chi connectivity index (χ3v) is 4.04. The molecule has 0 fully saturated rings. The lowest BCUT2D eigenvalue weighted by Gasteiger charge is -2.08. The van der Waals surface area contributed by atoms with Gasteiger partial charge in [-0.05, 0) is 29.7 Å². The summed E-state index contributed by atoms with van der Waals surface area (Å²) in [5, 5.41) is 0.